The molecule has 1 rings (SSSR count). The maximum atomic E-state index is 12.8. The van der Waals surface area contributed by atoms with E-state index in [-0.39, 0.29) is 12.8 Å². The molecule has 0 aromatic heterocycles. The summed E-state index contributed by atoms with van der Waals surface area (Å²) in [4.78, 5) is 49.0. The van der Waals surface area contributed by atoms with Crippen LogP contribution in [0.1, 0.15) is 46.5 Å². The van der Waals surface area contributed by atoms with Crippen LogP contribution in [0.2, 0.25) is 0 Å². The molecule has 0 aromatic carbocycles. The number of ether oxygens (including phenoxy) is 2. The van der Waals surface area contributed by atoms with Crippen molar-refractivity contribution in [3.05, 3.63) is 0 Å². The van der Waals surface area contributed by atoms with Gasteiger partial charge in [0.2, 0.25) is 11.8 Å². The van der Waals surface area contributed by atoms with Crippen LogP contribution in [-0.4, -0.2) is 60.1 Å². The molecule has 9 heteroatoms. The van der Waals surface area contributed by atoms with E-state index in [9.17, 15) is 19.2 Å². The molecule has 1 heterocycles. The summed E-state index contributed by atoms with van der Waals surface area (Å²) >= 11 is 0. The second-order valence-corrected chi connectivity index (χ2v) is 6.92. The number of likely N-dealkylation sites (tertiary alicyclic amines) is 1. The molecule has 2 atom stereocenters. The zero-order valence-corrected chi connectivity index (χ0v) is 15.2. The summed E-state index contributed by atoms with van der Waals surface area (Å²) in [5.74, 6) is -1.55. The molecule has 0 aliphatic carbocycles. The first-order chi connectivity index (χ1) is 11.5. The van der Waals surface area contributed by atoms with Crippen LogP contribution in [0.5, 0.6) is 0 Å². The lowest BCUT2D eigenvalue weighted by atomic mass is 10.1. The zero-order chi connectivity index (χ0) is 19.2. The quantitative estimate of drug-likeness (QED) is 0.658. The van der Waals surface area contributed by atoms with Crippen molar-refractivity contribution in [1.29, 1.82) is 0 Å². The summed E-state index contributed by atoms with van der Waals surface area (Å²) in [6.45, 7) is 5.46. The van der Waals surface area contributed by atoms with E-state index in [0.717, 1.165) is 0 Å². The van der Waals surface area contributed by atoms with Gasteiger partial charge >= 0.3 is 12.1 Å². The van der Waals surface area contributed by atoms with Crippen LogP contribution in [0.3, 0.4) is 0 Å². The van der Waals surface area contributed by atoms with Gasteiger partial charge in [-0.15, -0.1) is 0 Å². The number of nitrogens with zero attached hydrogens (tertiary/aromatic N) is 1. The summed E-state index contributed by atoms with van der Waals surface area (Å²) < 4.78 is 9.88. The Kier molecular flexibility index (Phi) is 7.20. The van der Waals surface area contributed by atoms with E-state index in [2.05, 4.69) is 5.32 Å². The van der Waals surface area contributed by atoms with Gasteiger partial charge in [0, 0.05) is 13.0 Å². The summed E-state index contributed by atoms with van der Waals surface area (Å²) in [6, 6.07) is -1.69. The van der Waals surface area contributed by atoms with Gasteiger partial charge in [0.15, 0.2) is 0 Å². The highest BCUT2D eigenvalue weighted by atomic mass is 16.6. The molecule has 9 nitrogen and oxygen atoms in total. The normalized spacial score (nSPS) is 18.4. The lowest BCUT2D eigenvalue weighted by Gasteiger charge is -2.28. The molecule has 1 saturated heterocycles. The lowest BCUT2D eigenvalue weighted by Crippen LogP contribution is -2.52. The minimum atomic E-state index is -1.01. The van der Waals surface area contributed by atoms with E-state index < -0.39 is 41.6 Å². The van der Waals surface area contributed by atoms with Crippen molar-refractivity contribution < 1.29 is 28.7 Å². The monoisotopic (exact) mass is 357 g/mol. The SMILES string of the molecule is COC(=O)C1CCCN1C(=O)C(CCC(N)=O)NC(=O)OC(C)(C)C. The number of amides is 3. The highest BCUT2D eigenvalue weighted by molar-refractivity contribution is 5.90. The number of rotatable bonds is 6. The fourth-order valence-corrected chi connectivity index (χ4v) is 2.61. The maximum absolute atomic E-state index is 12.8. The Morgan fingerprint density at radius 2 is 1.92 bits per heavy atom. The fourth-order valence-electron chi connectivity index (χ4n) is 2.61. The van der Waals surface area contributed by atoms with Gasteiger partial charge < -0.3 is 25.4 Å². The molecule has 0 aromatic rings. The Hall–Kier alpha value is -2.32. The molecule has 3 N–H and O–H groups in total. The highest BCUT2D eigenvalue weighted by Gasteiger charge is 2.38. The smallest absolute Gasteiger partial charge is 0.408 e. The molecule has 1 fully saturated rings. The number of nitrogens with two attached hydrogens (primary N) is 1. The van der Waals surface area contributed by atoms with Gasteiger partial charge in [-0.3, -0.25) is 9.59 Å². The molecular weight excluding hydrogens is 330 g/mol. The molecule has 142 valence electrons. The van der Waals surface area contributed by atoms with Crippen molar-refractivity contribution in [2.45, 2.75) is 64.1 Å². The van der Waals surface area contributed by atoms with Gasteiger partial charge in [-0.1, -0.05) is 0 Å². The summed E-state index contributed by atoms with van der Waals surface area (Å²) in [5, 5.41) is 2.47. The van der Waals surface area contributed by atoms with Gasteiger partial charge in [0.1, 0.15) is 17.7 Å². The number of esters is 1. The highest BCUT2D eigenvalue weighted by Crippen LogP contribution is 2.20. The maximum Gasteiger partial charge on any atom is 0.408 e. The number of carbonyl (C=O) groups is 4. The molecular formula is C16H27N3O6. The number of methoxy groups -OCH3 is 1. The van der Waals surface area contributed by atoms with E-state index in [0.29, 0.717) is 19.4 Å². The predicted molar refractivity (Wildman–Crippen MR) is 88.3 cm³/mol. The first-order valence-electron chi connectivity index (χ1n) is 8.21. The number of carbonyl (C=O) groups excluding carboxylic acids is 4. The minimum absolute atomic E-state index is 0.0256. The Morgan fingerprint density at radius 1 is 1.28 bits per heavy atom. The van der Waals surface area contributed by atoms with Crippen LogP contribution in [0.4, 0.5) is 4.79 Å². The summed E-state index contributed by atoms with van der Waals surface area (Å²) in [6.07, 6.45) is 0.318. The number of alkyl carbamates (subject to hydrolysis) is 1. The molecule has 2 unspecified atom stereocenters. The van der Waals surface area contributed by atoms with Gasteiger partial charge in [-0.25, -0.2) is 9.59 Å². The van der Waals surface area contributed by atoms with Gasteiger partial charge in [0.05, 0.1) is 7.11 Å². The van der Waals surface area contributed by atoms with Crippen LogP contribution in [0.15, 0.2) is 0 Å². The Balaban J connectivity index is 2.86. The number of primary amides is 1. The Labute approximate surface area is 147 Å². The first kappa shape index (κ1) is 20.7. The van der Waals surface area contributed by atoms with Crippen molar-refractivity contribution in [3.63, 3.8) is 0 Å². The van der Waals surface area contributed by atoms with Crippen molar-refractivity contribution in [1.82, 2.24) is 10.2 Å². The third-order valence-corrected chi connectivity index (χ3v) is 3.68. The molecule has 0 saturated carbocycles. The Morgan fingerprint density at radius 3 is 2.44 bits per heavy atom. The number of hydrogen-bond acceptors (Lipinski definition) is 6. The standard InChI is InChI=1S/C16H27N3O6/c1-16(2,3)25-15(23)18-10(7-8-12(17)20)13(21)19-9-5-6-11(19)14(22)24-4/h10-11H,5-9H2,1-4H3,(H2,17,20)(H,18,23). The molecule has 1 aliphatic rings. The third-order valence-electron chi connectivity index (χ3n) is 3.68. The van der Waals surface area contributed by atoms with Crippen molar-refractivity contribution in [2.24, 2.45) is 5.73 Å². The van der Waals surface area contributed by atoms with E-state index in [4.69, 9.17) is 15.2 Å². The largest absolute Gasteiger partial charge is 0.467 e. The second kappa shape index (κ2) is 8.68. The number of nitrogens with one attached hydrogen (secondary N) is 1. The molecule has 0 bridgehead atoms. The van der Waals surface area contributed by atoms with Crippen LogP contribution in [0, 0.1) is 0 Å². The number of hydrogen-bond donors (Lipinski definition) is 2. The zero-order valence-electron chi connectivity index (χ0n) is 15.2. The molecule has 1 aliphatic heterocycles. The van der Waals surface area contributed by atoms with Crippen LogP contribution >= 0.6 is 0 Å². The molecule has 0 radical (unpaired) electrons. The van der Waals surface area contributed by atoms with E-state index in [1.54, 1.807) is 20.8 Å². The van der Waals surface area contributed by atoms with E-state index >= 15 is 0 Å². The molecule has 3 amide bonds. The second-order valence-electron chi connectivity index (χ2n) is 6.92. The summed E-state index contributed by atoms with van der Waals surface area (Å²) in [5.41, 5.74) is 4.41. The summed E-state index contributed by atoms with van der Waals surface area (Å²) in [7, 11) is 1.26. The van der Waals surface area contributed by atoms with Gasteiger partial charge in [-0.2, -0.15) is 0 Å². The van der Waals surface area contributed by atoms with Crippen LogP contribution in [0.25, 0.3) is 0 Å². The molecule has 25 heavy (non-hydrogen) atoms. The average Bonchev–Trinajstić information content (AvgIpc) is 2.97. The minimum Gasteiger partial charge on any atom is -0.467 e. The van der Waals surface area contributed by atoms with E-state index in [1.807, 2.05) is 0 Å². The third kappa shape index (κ3) is 6.60. The van der Waals surface area contributed by atoms with Crippen molar-refractivity contribution in [2.75, 3.05) is 13.7 Å². The first-order valence-corrected chi connectivity index (χ1v) is 8.21. The van der Waals surface area contributed by atoms with Gasteiger partial charge in [-0.05, 0) is 40.0 Å². The lowest BCUT2D eigenvalue weighted by molar-refractivity contribution is -0.151. The van der Waals surface area contributed by atoms with Gasteiger partial charge in [0.25, 0.3) is 0 Å². The topological polar surface area (TPSA) is 128 Å². The fraction of sp³-hybridized carbons (Fsp3) is 0.750. The predicted octanol–water partition coefficient (Wildman–Crippen LogP) is 0.309. The Bertz CT molecular complexity index is 528. The van der Waals surface area contributed by atoms with Crippen molar-refractivity contribution >= 4 is 23.9 Å². The average molecular weight is 357 g/mol. The van der Waals surface area contributed by atoms with Crippen molar-refractivity contribution in [3.8, 4) is 0 Å². The van der Waals surface area contributed by atoms with Crippen LogP contribution in [-0.2, 0) is 23.9 Å². The van der Waals surface area contributed by atoms with Crippen LogP contribution < -0.4 is 11.1 Å². The molecule has 0 spiro atoms. The van der Waals surface area contributed by atoms with E-state index in [1.165, 1.54) is 12.0 Å².